The summed E-state index contributed by atoms with van der Waals surface area (Å²) in [6.45, 7) is 3.57. The molecule has 2 unspecified atom stereocenters. The zero-order valence-electron chi connectivity index (χ0n) is 10.9. The van der Waals surface area contributed by atoms with Crippen molar-refractivity contribution >= 4 is 33.3 Å². The zero-order chi connectivity index (χ0) is 13.4. The van der Waals surface area contributed by atoms with Gasteiger partial charge in [0.05, 0.1) is 23.2 Å². The number of rotatable bonds is 2. The van der Waals surface area contributed by atoms with Gasteiger partial charge in [-0.05, 0) is 17.4 Å². The molecule has 1 aliphatic rings. The Morgan fingerprint density at radius 2 is 2.32 bits per heavy atom. The van der Waals surface area contributed by atoms with E-state index in [2.05, 4.69) is 21.8 Å². The van der Waals surface area contributed by atoms with Gasteiger partial charge in [0.25, 0.3) is 0 Å². The lowest BCUT2D eigenvalue weighted by Crippen LogP contribution is -2.24. The van der Waals surface area contributed by atoms with Gasteiger partial charge in [-0.1, -0.05) is 6.92 Å². The molecule has 2 aromatic heterocycles. The van der Waals surface area contributed by atoms with Gasteiger partial charge >= 0.3 is 5.97 Å². The summed E-state index contributed by atoms with van der Waals surface area (Å²) in [5.41, 5.74) is 0.962. The first-order valence-electron chi connectivity index (χ1n) is 6.21. The quantitative estimate of drug-likeness (QED) is 0.785. The van der Waals surface area contributed by atoms with E-state index in [4.69, 9.17) is 4.74 Å². The summed E-state index contributed by atoms with van der Waals surface area (Å²) in [6.07, 6.45) is 1.58. The molecule has 0 N–H and O–H groups in total. The Morgan fingerprint density at radius 3 is 3.11 bits per heavy atom. The van der Waals surface area contributed by atoms with Gasteiger partial charge in [-0.3, -0.25) is 4.79 Å². The van der Waals surface area contributed by atoms with Crippen LogP contribution in [-0.2, 0) is 9.53 Å². The van der Waals surface area contributed by atoms with Crippen LogP contribution in [0.25, 0.3) is 10.2 Å². The molecule has 100 valence electrons. The van der Waals surface area contributed by atoms with Gasteiger partial charge < -0.3 is 9.64 Å². The van der Waals surface area contributed by atoms with E-state index in [9.17, 15) is 4.79 Å². The van der Waals surface area contributed by atoms with Crippen LogP contribution in [0.4, 0.5) is 5.82 Å². The highest BCUT2D eigenvalue weighted by atomic mass is 32.1. The molecular formula is C13H15N3O2S. The third-order valence-corrected chi connectivity index (χ3v) is 4.54. The highest BCUT2D eigenvalue weighted by Gasteiger charge is 2.36. The lowest BCUT2D eigenvalue weighted by Gasteiger charge is -2.17. The third kappa shape index (κ3) is 2.06. The first-order chi connectivity index (χ1) is 9.20. The fraction of sp³-hybridized carbons (Fsp3) is 0.462. The summed E-state index contributed by atoms with van der Waals surface area (Å²) < 4.78 is 5.95. The van der Waals surface area contributed by atoms with E-state index in [0.717, 1.165) is 22.6 Å². The predicted octanol–water partition coefficient (Wildman–Crippen LogP) is 1.94. The van der Waals surface area contributed by atoms with Gasteiger partial charge in [0, 0.05) is 13.1 Å². The molecule has 19 heavy (non-hydrogen) atoms. The summed E-state index contributed by atoms with van der Waals surface area (Å²) in [5, 5.41) is 2.01. The number of carbonyl (C=O) groups excluding carboxylic acids is 1. The molecule has 0 aliphatic carbocycles. The smallest absolute Gasteiger partial charge is 0.310 e. The molecule has 0 amide bonds. The molecule has 2 atom stereocenters. The van der Waals surface area contributed by atoms with Crippen LogP contribution in [0.15, 0.2) is 17.8 Å². The van der Waals surface area contributed by atoms with E-state index in [0.29, 0.717) is 6.54 Å². The van der Waals surface area contributed by atoms with Crippen molar-refractivity contribution in [3.8, 4) is 0 Å². The average Bonchev–Trinajstić information content (AvgIpc) is 3.03. The lowest BCUT2D eigenvalue weighted by molar-refractivity contribution is -0.145. The minimum absolute atomic E-state index is 0.0741. The lowest BCUT2D eigenvalue weighted by atomic mass is 9.99. The number of anilines is 1. The fourth-order valence-electron chi connectivity index (χ4n) is 2.60. The maximum absolute atomic E-state index is 11.7. The first-order valence-corrected chi connectivity index (χ1v) is 7.09. The second-order valence-electron chi connectivity index (χ2n) is 4.84. The summed E-state index contributed by atoms with van der Waals surface area (Å²) in [7, 11) is 1.44. The molecule has 0 spiro atoms. The van der Waals surface area contributed by atoms with E-state index in [1.807, 2.05) is 11.4 Å². The normalized spacial score (nSPS) is 22.9. The number of hydrogen-bond donors (Lipinski definition) is 0. The van der Waals surface area contributed by atoms with Gasteiger partial charge in [-0.25, -0.2) is 9.97 Å². The number of esters is 1. The molecule has 3 rings (SSSR count). The molecule has 6 heteroatoms. The number of ether oxygens (including phenoxy) is 1. The van der Waals surface area contributed by atoms with Crippen LogP contribution in [-0.4, -0.2) is 36.1 Å². The summed E-state index contributed by atoms with van der Waals surface area (Å²) in [4.78, 5) is 22.5. The molecule has 0 aromatic carbocycles. The van der Waals surface area contributed by atoms with Crippen LogP contribution >= 0.6 is 11.3 Å². The highest BCUT2D eigenvalue weighted by Crippen LogP contribution is 2.33. The molecule has 1 fully saturated rings. The Labute approximate surface area is 115 Å². The van der Waals surface area contributed by atoms with E-state index in [-0.39, 0.29) is 17.8 Å². The van der Waals surface area contributed by atoms with Crippen molar-refractivity contribution < 1.29 is 9.53 Å². The van der Waals surface area contributed by atoms with Crippen LogP contribution in [0, 0.1) is 11.8 Å². The van der Waals surface area contributed by atoms with E-state index >= 15 is 0 Å². The van der Waals surface area contributed by atoms with Crippen LogP contribution in [0.3, 0.4) is 0 Å². The minimum atomic E-state index is -0.133. The Kier molecular flexibility index (Phi) is 3.10. The number of fused-ring (bicyclic) bond motifs is 1. The van der Waals surface area contributed by atoms with E-state index in [1.54, 1.807) is 17.7 Å². The Bertz CT molecular complexity index is 613. The van der Waals surface area contributed by atoms with Gasteiger partial charge in [-0.15, -0.1) is 11.3 Å². The molecule has 2 aromatic rings. The largest absolute Gasteiger partial charge is 0.469 e. The van der Waals surface area contributed by atoms with Crippen LogP contribution < -0.4 is 4.90 Å². The number of methoxy groups -OCH3 is 1. The summed E-state index contributed by atoms with van der Waals surface area (Å²) in [5.74, 6) is 0.997. The number of thiophene rings is 1. The molecule has 0 radical (unpaired) electrons. The number of hydrogen-bond acceptors (Lipinski definition) is 6. The van der Waals surface area contributed by atoms with Crippen LogP contribution in [0.5, 0.6) is 0 Å². The van der Waals surface area contributed by atoms with Gasteiger partial charge in [0.1, 0.15) is 12.1 Å². The maximum atomic E-state index is 11.7. The number of aromatic nitrogens is 2. The standard InChI is InChI=1S/C13H15N3O2S/c1-8-5-16(6-9(8)13(17)18-2)12-11-10(3-4-19-11)14-7-15-12/h3-4,7-9H,5-6H2,1-2H3. The molecule has 0 saturated carbocycles. The van der Waals surface area contributed by atoms with Crippen molar-refractivity contribution in [3.63, 3.8) is 0 Å². The van der Waals surface area contributed by atoms with Crippen molar-refractivity contribution in [3.05, 3.63) is 17.8 Å². The second kappa shape index (κ2) is 4.77. The molecule has 5 nitrogen and oxygen atoms in total. The Hall–Kier alpha value is -1.69. The van der Waals surface area contributed by atoms with Crippen molar-refractivity contribution in [1.82, 2.24) is 9.97 Å². The molecule has 0 bridgehead atoms. The number of nitrogens with zero attached hydrogens (tertiary/aromatic N) is 3. The topological polar surface area (TPSA) is 55.3 Å². The predicted molar refractivity (Wildman–Crippen MR) is 74.3 cm³/mol. The van der Waals surface area contributed by atoms with Gasteiger partial charge in [-0.2, -0.15) is 0 Å². The van der Waals surface area contributed by atoms with Crippen LogP contribution in [0.2, 0.25) is 0 Å². The van der Waals surface area contributed by atoms with Crippen LogP contribution in [0.1, 0.15) is 6.92 Å². The average molecular weight is 277 g/mol. The molecule has 1 aliphatic heterocycles. The molecule has 3 heterocycles. The van der Waals surface area contributed by atoms with Crippen molar-refractivity contribution in [2.75, 3.05) is 25.1 Å². The van der Waals surface area contributed by atoms with Crippen molar-refractivity contribution in [1.29, 1.82) is 0 Å². The van der Waals surface area contributed by atoms with E-state index in [1.165, 1.54) is 7.11 Å². The third-order valence-electron chi connectivity index (χ3n) is 3.64. The van der Waals surface area contributed by atoms with Crippen molar-refractivity contribution in [2.24, 2.45) is 11.8 Å². The van der Waals surface area contributed by atoms with Gasteiger partial charge in [0.2, 0.25) is 0 Å². The highest BCUT2D eigenvalue weighted by molar-refractivity contribution is 7.17. The minimum Gasteiger partial charge on any atom is -0.469 e. The summed E-state index contributed by atoms with van der Waals surface area (Å²) >= 11 is 1.63. The zero-order valence-corrected chi connectivity index (χ0v) is 11.7. The Balaban J connectivity index is 1.92. The molecule has 1 saturated heterocycles. The first kappa shape index (κ1) is 12.3. The Morgan fingerprint density at radius 1 is 1.47 bits per heavy atom. The van der Waals surface area contributed by atoms with Gasteiger partial charge in [0.15, 0.2) is 0 Å². The monoisotopic (exact) mass is 277 g/mol. The SMILES string of the molecule is COC(=O)C1CN(c2ncnc3ccsc23)CC1C. The maximum Gasteiger partial charge on any atom is 0.310 e. The molecular weight excluding hydrogens is 262 g/mol. The number of carbonyl (C=O) groups is 1. The van der Waals surface area contributed by atoms with Crippen molar-refractivity contribution in [2.45, 2.75) is 6.92 Å². The fourth-order valence-corrected chi connectivity index (χ4v) is 3.46. The summed E-state index contributed by atoms with van der Waals surface area (Å²) in [6, 6.07) is 1.99. The van der Waals surface area contributed by atoms with E-state index < -0.39 is 0 Å². The second-order valence-corrected chi connectivity index (χ2v) is 5.76.